The van der Waals surface area contributed by atoms with Gasteiger partial charge in [-0.05, 0) is 48.7 Å². The average Bonchev–Trinajstić information content (AvgIpc) is 3.10. The molecule has 172 valence electrons. The molecule has 0 spiro atoms. The van der Waals surface area contributed by atoms with Crippen LogP contribution in [0.2, 0.25) is 0 Å². The van der Waals surface area contributed by atoms with Gasteiger partial charge < -0.3 is 4.74 Å². The maximum Gasteiger partial charge on any atom is 0.269 e. The van der Waals surface area contributed by atoms with E-state index in [1.54, 1.807) is 24.1 Å². The number of unbranched alkanes of at least 4 members (excludes halogenated alkanes) is 2. The molecule has 3 rings (SSSR count). The number of thioether (sulfide) groups is 1. The Hall–Kier alpha value is -3.24. The molecule has 1 saturated heterocycles. The number of nitrogens with zero attached hydrogens (tertiary/aromatic N) is 2. The SMILES string of the molecule is COc1ccc(/C=C2\SC(=S)N(CCCCCC(=O)NNC(=O)c3ccncc3)C2=O)cc1. The molecule has 1 aromatic heterocycles. The Bertz CT molecular complexity index is 1040. The fourth-order valence-electron chi connectivity index (χ4n) is 3.04. The number of pyridine rings is 1. The maximum absolute atomic E-state index is 12.7. The highest BCUT2D eigenvalue weighted by Crippen LogP contribution is 2.33. The van der Waals surface area contributed by atoms with Gasteiger partial charge in [0, 0.05) is 30.9 Å². The highest BCUT2D eigenvalue weighted by Gasteiger charge is 2.31. The number of ether oxygens (including phenoxy) is 1. The van der Waals surface area contributed by atoms with Gasteiger partial charge in [-0.2, -0.15) is 0 Å². The van der Waals surface area contributed by atoms with Crippen LogP contribution in [0.15, 0.2) is 53.7 Å². The summed E-state index contributed by atoms with van der Waals surface area (Å²) in [6.45, 7) is 0.505. The first-order chi connectivity index (χ1) is 16.0. The molecular weight excluding hydrogens is 460 g/mol. The largest absolute Gasteiger partial charge is 0.497 e. The fraction of sp³-hybridized carbons (Fsp3) is 0.261. The Balaban J connectivity index is 1.36. The smallest absolute Gasteiger partial charge is 0.269 e. The number of amides is 3. The van der Waals surface area contributed by atoms with Gasteiger partial charge in [0.1, 0.15) is 10.1 Å². The molecule has 0 radical (unpaired) electrons. The van der Waals surface area contributed by atoms with Crippen molar-refractivity contribution in [1.82, 2.24) is 20.7 Å². The molecule has 0 atom stereocenters. The van der Waals surface area contributed by atoms with Crippen LogP contribution in [0, 0.1) is 0 Å². The molecule has 1 aliphatic heterocycles. The Kier molecular flexibility index (Phi) is 8.96. The van der Waals surface area contributed by atoms with Crippen molar-refractivity contribution in [2.75, 3.05) is 13.7 Å². The number of hydrogen-bond donors (Lipinski definition) is 2. The summed E-state index contributed by atoms with van der Waals surface area (Å²) in [5, 5.41) is 0. The predicted molar refractivity (Wildman–Crippen MR) is 131 cm³/mol. The molecule has 2 N–H and O–H groups in total. The van der Waals surface area contributed by atoms with Crippen molar-refractivity contribution >= 4 is 52.1 Å². The van der Waals surface area contributed by atoms with Gasteiger partial charge in [0.2, 0.25) is 5.91 Å². The molecule has 2 heterocycles. The van der Waals surface area contributed by atoms with Crippen molar-refractivity contribution in [1.29, 1.82) is 0 Å². The standard InChI is InChI=1S/C23H24N4O4S2/c1-31-18-8-6-16(7-9-18)15-19-22(30)27(23(32)33-19)14-4-2-3-5-20(28)25-26-21(29)17-10-12-24-13-11-17/h6-13,15H,2-5,14H2,1H3,(H,25,28)(H,26,29)/b19-15-. The van der Waals surface area contributed by atoms with E-state index in [-0.39, 0.29) is 18.2 Å². The molecule has 8 nitrogen and oxygen atoms in total. The molecule has 3 amide bonds. The number of methoxy groups -OCH3 is 1. The zero-order chi connectivity index (χ0) is 23.6. The predicted octanol–water partition coefficient (Wildman–Crippen LogP) is 3.31. The normalized spacial score (nSPS) is 14.5. The van der Waals surface area contributed by atoms with Gasteiger partial charge in [-0.3, -0.25) is 35.1 Å². The van der Waals surface area contributed by atoms with Gasteiger partial charge in [-0.15, -0.1) is 0 Å². The monoisotopic (exact) mass is 484 g/mol. The van der Waals surface area contributed by atoms with E-state index in [0.29, 0.717) is 27.8 Å². The van der Waals surface area contributed by atoms with Gasteiger partial charge in [0.25, 0.3) is 11.8 Å². The van der Waals surface area contributed by atoms with Gasteiger partial charge in [0.05, 0.1) is 12.0 Å². The van der Waals surface area contributed by atoms with E-state index in [4.69, 9.17) is 17.0 Å². The van der Waals surface area contributed by atoms with Gasteiger partial charge in [0.15, 0.2) is 0 Å². The molecule has 1 aliphatic rings. The summed E-state index contributed by atoms with van der Waals surface area (Å²) in [6, 6.07) is 10.6. The second-order valence-corrected chi connectivity index (χ2v) is 8.83. The Labute approximate surface area is 201 Å². The molecule has 33 heavy (non-hydrogen) atoms. The van der Waals surface area contributed by atoms with Gasteiger partial charge >= 0.3 is 0 Å². The summed E-state index contributed by atoms with van der Waals surface area (Å²) in [5.74, 6) is -0.0184. The quantitative estimate of drug-likeness (QED) is 0.244. The first kappa shape index (κ1) is 24.4. The average molecular weight is 485 g/mol. The number of rotatable bonds is 9. The summed E-state index contributed by atoms with van der Waals surface area (Å²) in [7, 11) is 1.61. The van der Waals surface area contributed by atoms with Crippen molar-refractivity contribution in [3.63, 3.8) is 0 Å². The lowest BCUT2D eigenvalue weighted by atomic mass is 10.1. The summed E-state index contributed by atoms with van der Waals surface area (Å²) in [6.07, 6.45) is 7.20. The fourth-order valence-corrected chi connectivity index (χ4v) is 4.35. The van der Waals surface area contributed by atoms with E-state index in [0.717, 1.165) is 24.2 Å². The zero-order valence-electron chi connectivity index (χ0n) is 18.1. The maximum atomic E-state index is 12.7. The second-order valence-electron chi connectivity index (χ2n) is 7.16. The molecule has 2 aromatic rings. The summed E-state index contributed by atoms with van der Waals surface area (Å²) in [4.78, 5) is 42.5. The minimum absolute atomic E-state index is 0.0996. The molecule has 1 aromatic carbocycles. The second kappa shape index (κ2) is 12.1. The minimum atomic E-state index is -0.400. The Morgan fingerprint density at radius 1 is 1.09 bits per heavy atom. The highest BCUT2D eigenvalue weighted by molar-refractivity contribution is 8.26. The van der Waals surface area contributed by atoms with Crippen molar-refractivity contribution in [2.45, 2.75) is 25.7 Å². The first-order valence-corrected chi connectivity index (χ1v) is 11.6. The molecular formula is C23H24N4O4S2. The third-order valence-corrected chi connectivity index (χ3v) is 6.21. The van der Waals surface area contributed by atoms with Gasteiger partial charge in [-0.25, -0.2) is 0 Å². The summed E-state index contributed by atoms with van der Waals surface area (Å²) in [5.41, 5.74) is 6.09. The number of nitrogens with one attached hydrogen (secondary N) is 2. The van der Waals surface area contributed by atoms with Crippen molar-refractivity contribution in [2.24, 2.45) is 0 Å². The van der Waals surface area contributed by atoms with Crippen molar-refractivity contribution < 1.29 is 19.1 Å². The minimum Gasteiger partial charge on any atom is -0.497 e. The third kappa shape index (κ3) is 7.13. The van der Waals surface area contributed by atoms with Crippen LogP contribution in [0.1, 0.15) is 41.6 Å². The number of benzene rings is 1. The molecule has 0 saturated carbocycles. The molecule has 0 aliphatic carbocycles. The topological polar surface area (TPSA) is 101 Å². The number of hydrogen-bond acceptors (Lipinski definition) is 7. The summed E-state index contributed by atoms with van der Waals surface area (Å²) >= 11 is 6.66. The van der Waals surface area contributed by atoms with Crippen molar-refractivity contribution in [3.8, 4) is 5.75 Å². The van der Waals surface area contributed by atoms with Crippen LogP contribution in [-0.4, -0.2) is 45.6 Å². The summed E-state index contributed by atoms with van der Waals surface area (Å²) < 4.78 is 5.69. The third-order valence-electron chi connectivity index (χ3n) is 4.83. The van der Waals surface area contributed by atoms with E-state index < -0.39 is 5.91 Å². The lowest BCUT2D eigenvalue weighted by Gasteiger charge is -2.14. The van der Waals surface area contributed by atoms with E-state index in [2.05, 4.69) is 15.8 Å². The lowest BCUT2D eigenvalue weighted by molar-refractivity contribution is -0.123. The number of thiocarbonyl (C=S) groups is 1. The van der Waals surface area contributed by atoms with Crippen LogP contribution in [0.3, 0.4) is 0 Å². The Morgan fingerprint density at radius 3 is 2.52 bits per heavy atom. The van der Waals surface area contributed by atoms with Crippen LogP contribution in [0.4, 0.5) is 0 Å². The molecule has 1 fully saturated rings. The van der Waals surface area contributed by atoms with E-state index in [1.807, 2.05) is 30.3 Å². The zero-order valence-corrected chi connectivity index (χ0v) is 19.7. The van der Waals surface area contributed by atoms with Crippen LogP contribution >= 0.6 is 24.0 Å². The Morgan fingerprint density at radius 2 is 1.82 bits per heavy atom. The molecule has 0 unspecified atom stereocenters. The number of hydrazine groups is 1. The van der Waals surface area contributed by atoms with E-state index in [9.17, 15) is 14.4 Å². The number of carbonyl (C=O) groups is 3. The first-order valence-electron chi connectivity index (χ1n) is 10.4. The number of carbonyl (C=O) groups excluding carboxylic acids is 3. The van der Waals surface area contributed by atoms with Crippen molar-refractivity contribution in [3.05, 3.63) is 64.8 Å². The lowest BCUT2D eigenvalue weighted by Crippen LogP contribution is -2.41. The highest BCUT2D eigenvalue weighted by atomic mass is 32.2. The van der Waals surface area contributed by atoms with E-state index >= 15 is 0 Å². The van der Waals surface area contributed by atoms with Gasteiger partial charge in [-0.1, -0.05) is 42.5 Å². The van der Waals surface area contributed by atoms with E-state index in [1.165, 1.54) is 24.2 Å². The number of aromatic nitrogens is 1. The van der Waals surface area contributed by atoms with Crippen LogP contribution in [0.25, 0.3) is 6.08 Å². The van der Waals surface area contributed by atoms with Crippen LogP contribution in [-0.2, 0) is 9.59 Å². The molecule has 0 bridgehead atoms. The van der Waals surface area contributed by atoms with Crippen LogP contribution < -0.4 is 15.6 Å². The van der Waals surface area contributed by atoms with Crippen LogP contribution in [0.5, 0.6) is 5.75 Å². The molecule has 10 heteroatoms.